The summed E-state index contributed by atoms with van der Waals surface area (Å²) in [7, 11) is 0. The fourth-order valence-corrected chi connectivity index (χ4v) is 3.05. The smallest absolute Gasteiger partial charge is 0.105 e. The molecule has 4 nitrogen and oxygen atoms in total. The van der Waals surface area contributed by atoms with Gasteiger partial charge >= 0.3 is 0 Å². The van der Waals surface area contributed by atoms with E-state index >= 15 is 0 Å². The zero-order valence-electron chi connectivity index (χ0n) is 12.6. The summed E-state index contributed by atoms with van der Waals surface area (Å²) in [6, 6.07) is 6.76. The van der Waals surface area contributed by atoms with E-state index < -0.39 is 0 Å². The molecule has 0 spiro atoms. The third-order valence-corrected chi connectivity index (χ3v) is 4.27. The zero-order chi connectivity index (χ0) is 14.2. The molecule has 3 aromatic rings. The summed E-state index contributed by atoms with van der Waals surface area (Å²) < 4.78 is 4.22. The largest absolute Gasteiger partial charge is 0.329 e. The van der Waals surface area contributed by atoms with Crippen molar-refractivity contribution in [3.8, 4) is 5.69 Å². The lowest BCUT2D eigenvalue weighted by Gasteiger charge is -2.05. The number of hydrogen-bond donors (Lipinski definition) is 0. The van der Waals surface area contributed by atoms with Gasteiger partial charge in [0, 0.05) is 24.3 Å². The van der Waals surface area contributed by atoms with E-state index in [-0.39, 0.29) is 12.4 Å². The summed E-state index contributed by atoms with van der Waals surface area (Å²) in [4.78, 5) is 8.76. The lowest BCUT2D eigenvalue weighted by atomic mass is 10.1. The lowest BCUT2D eigenvalue weighted by Crippen LogP contribution is -2.01. The molecule has 0 amide bonds. The van der Waals surface area contributed by atoms with E-state index in [1.54, 1.807) is 0 Å². The number of benzene rings is 1. The molecule has 114 valence electrons. The number of aromatic nitrogens is 4. The van der Waals surface area contributed by atoms with Gasteiger partial charge in [-0.2, -0.15) is 0 Å². The van der Waals surface area contributed by atoms with Crippen LogP contribution in [0.25, 0.3) is 5.69 Å². The van der Waals surface area contributed by atoms with Gasteiger partial charge in [0.05, 0.1) is 18.6 Å². The van der Waals surface area contributed by atoms with Crippen LogP contribution in [0, 0.1) is 6.92 Å². The molecule has 1 aromatic carbocycles. The Balaban J connectivity index is 0.00000144. The standard InChI is InChI=1S/C17H18N4.ClH/c1-13-18-7-8-20(13)10-16-11-21(12-19-16)17-6-5-14-3-2-4-15(14)9-17;/h5-9,11-12H,2-4,10H2,1H3;1H. The molecule has 0 atom stereocenters. The first-order valence-electron chi connectivity index (χ1n) is 7.42. The zero-order valence-corrected chi connectivity index (χ0v) is 13.4. The lowest BCUT2D eigenvalue weighted by molar-refractivity contribution is 0.746. The summed E-state index contributed by atoms with van der Waals surface area (Å²) in [6.07, 6.45) is 11.5. The average molecular weight is 315 g/mol. The van der Waals surface area contributed by atoms with Crippen LogP contribution >= 0.6 is 12.4 Å². The highest BCUT2D eigenvalue weighted by Gasteiger charge is 2.11. The minimum Gasteiger partial charge on any atom is -0.329 e. The number of imidazole rings is 2. The van der Waals surface area contributed by atoms with E-state index in [4.69, 9.17) is 0 Å². The number of hydrogen-bond acceptors (Lipinski definition) is 2. The molecule has 0 N–H and O–H groups in total. The molecule has 0 unspecified atom stereocenters. The van der Waals surface area contributed by atoms with Crippen LogP contribution in [0.4, 0.5) is 0 Å². The summed E-state index contributed by atoms with van der Waals surface area (Å²) in [5.74, 6) is 1.02. The summed E-state index contributed by atoms with van der Waals surface area (Å²) in [5.41, 5.74) is 5.26. The Morgan fingerprint density at radius 1 is 1.14 bits per heavy atom. The molecule has 2 heterocycles. The van der Waals surface area contributed by atoms with Gasteiger partial charge < -0.3 is 9.13 Å². The second kappa shape index (κ2) is 5.97. The molecule has 4 rings (SSSR count). The van der Waals surface area contributed by atoms with Crippen molar-refractivity contribution < 1.29 is 0 Å². The molecule has 0 aliphatic heterocycles. The van der Waals surface area contributed by atoms with Crippen molar-refractivity contribution >= 4 is 12.4 Å². The molecular weight excluding hydrogens is 296 g/mol. The van der Waals surface area contributed by atoms with Crippen LogP contribution in [0.3, 0.4) is 0 Å². The van der Waals surface area contributed by atoms with Gasteiger partial charge in [0.2, 0.25) is 0 Å². The van der Waals surface area contributed by atoms with E-state index in [9.17, 15) is 0 Å². The van der Waals surface area contributed by atoms with Crippen LogP contribution in [-0.2, 0) is 19.4 Å². The van der Waals surface area contributed by atoms with Gasteiger partial charge in [-0.05, 0) is 49.4 Å². The molecule has 5 heteroatoms. The fraction of sp³-hybridized carbons (Fsp3) is 0.294. The Hall–Kier alpha value is -2.07. The minimum atomic E-state index is 0. The molecule has 1 aliphatic carbocycles. The Bertz CT molecular complexity index is 788. The molecule has 0 bridgehead atoms. The monoisotopic (exact) mass is 314 g/mol. The Labute approximate surface area is 136 Å². The molecule has 1 aliphatic rings. The maximum absolute atomic E-state index is 4.52. The Morgan fingerprint density at radius 3 is 2.82 bits per heavy atom. The number of nitrogens with zero attached hydrogens (tertiary/aromatic N) is 4. The number of halogens is 1. The van der Waals surface area contributed by atoms with Gasteiger partial charge in [-0.25, -0.2) is 9.97 Å². The second-order valence-electron chi connectivity index (χ2n) is 5.68. The molecule has 0 radical (unpaired) electrons. The van der Waals surface area contributed by atoms with E-state index in [0.29, 0.717) is 0 Å². The Kier molecular flexibility index (Phi) is 4.03. The minimum absolute atomic E-state index is 0. The third-order valence-electron chi connectivity index (χ3n) is 4.27. The van der Waals surface area contributed by atoms with Crippen molar-refractivity contribution in [2.24, 2.45) is 0 Å². The third kappa shape index (κ3) is 2.66. The number of rotatable bonds is 3. The molecule has 0 fully saturated rings. The summed E-state index contributed by atoms with van der Waals surface area (Å²) >= 11 is 0. The fourth-order valence-electron chi connectivity index (χ4n) is 3.05. The van der Waals surface area contributed by atoms with Crippen molar-refractivity contribution in [1.29, 1.82) is 0 Å². The predicted molar refractivity (Wildman–Crippen MR) is 88.9 cm³/mol. The summed E-state index contributed by atoms with van der Waals surface area (Å²) in [5, 5.41) is 0. The Morgan fingerprint density at radius 2 is 2.00 bits per heavy atom. The summed E-state index contributed by atoms with van der Waals surface area (Å²) in [6.45, 7) is 2.78. The van der Waals surface area contributed by atoms with Crippen LogP contribution in [0.5, 0.6) is 0 Å². The highest BCUT2D eigenvalue weighted by atomic mass is 35.5. The van der Waals surface area contributed by atoms with Crippen molar-refractivity contribution in [3.05, 3.63) is 65.8 Å². The van der Waals surface area contributed by atoms with Crippen LogP contribution in [0.1, 0.15) is 29.1 Å². The molecule has 0 saturated heterocycles. The van der Waals surface area contributed by atoms with Crippen LogP contribution < -0.4 is 0 Å². The first-order chi connectivity index (χ1) is 10.3. The van der Waals surface area contributed by atoms with Gasteiger partial charge in [-0.1, -0.05) is 6.07 Å². The van der Waals surface area contributed by atoms with Gasteiger partial charge in [0.25, 0.3) is 0 Å². The normalized spacial score (nSPS) is 13.0. The average Bonchev–Trinajstić information content (AvgIpc) is 3.20. The van der Waals surface area contributed by atoms with E-state index in [1.807, 2.05) is 25.6 Å². The van der Waals surface area contributed by atoms with Gasteiger partial charge in [0.1, 0.15) is 5.82 Å². The van der Waals surface area contributed by atoms with Crippen molar-refractivity contribution in [2.45, 2.75) is 32.7 Å². The first kappa shape index (κ1) is 14.9. The van der Waals surface area contributed by atoms with E-state index in [1.165, 1.54) is 36.1 Å². The number of aryl methyl sites for hydroxylation is 3. The molecule has 22 heavy (non-hydrogen) atoms. The molecule has 0 saturated carbocycles. The van der Waals surface area contributed by atoms with Crippen LogP contribution in [0.2, 0.25) is 0 Å². The van der Waals surface area contributed by atoms with Crippen LogP contribution in [0.15, 0.2) is 43.1 Å². The molecule has 2 aromatic heterocycles. The predicted octanol–water partition coefficient (Wildman–Crippen LogP) is 3.34. The number of fused-ring (bicyclic) bond motifs is 1. The highest BCUT2D eigenvalue weighted by Crippen LogP contribution is 2.24. The highest BCUT2D eigenvalue weighted by molar-refractivity contribution is 5.85. The van der Waals surface area contributed by atoms with Gasteiger partial charge in [-0.3, -0.25) is 0 Å². The van der Waals surface area contributed by atoms with Crippen molar-refractivity contribution in [3.63, 3.8) is 0 Å². The van der Waals surface area contributed by atoms with Crippen molar-refractivity contribution in [1.82, 2.24) is 19.1 Å². The first-order valence-corrected chi connectivity index (χ1v) is 7.42. The van der Waals surface area contributed by atoms with E-state index in [0.717, 1.165) is 18.1 Å². The maximum atomic E-state index is 4.52. The van der Waals surface area contributed by atoms with Crippen LogP contribution in [-0.4, -0.2) is 19.1 Å². The van der Waals surface area contributed by atoms with E-state index in [2.05, 4.69) is 43.5 Å². The quantitative estimate of drug-likeness (QED) is 0.743. The molecular formula is C17H19ClN4. The van der Waals surface area contributed by atoms with Crippen molar-refractivity contribution in [2.75, 3.05) is 0 Å². The van der Waals surface area contributed by atoms with Gasteiger partial charge in [0.15, 0.2) is 0 Å². The maximum Gasteiger partial charge on any atom is 0.105 e. The second-order valence-corrected chi connectivity index (χ2v) is 5.68. The SMILES string of the molecule is Cc1nccn1Cc1cn(-c2ccc3c(c2)CCC3)cn1.Cl. The topological polar surface area (TPSA) is 35.6 Å². The van der Waals surface area contributed by atoms with Gasteiger partial charge in [-0.15, -0.1) is 12.4 Å².